The van der Waals surface area contributed by atoms with Crippen molar-refractivity contribution < 1.29 is 13.9 Å². The van der Waals surface area contributed by atoms with E-state index in [9.17, 15) is 9.18 Å². The lowest BCUT2D eigenvalue weighted by Gasteiger charge is -2.06. The monoisotopic (exact) mass is 388 g/mol. The number of rotatable bonds is 7. The molecule has 0 fully saturated rings. The van der Waals surface area contributed by atoms with E-state index < -0.39 is 0 Å². The van der Waals surface area contributed by atoms with Crippen LogP contribution in [0.15, 0.2) is 53.9 Å². The van der Waals surface area contributed by atoms with E-state index >= 15 is 0 Å². The minimum Gasteiger partial charge on any atom is -0.497 e. The maximum Gasteiger partial charge on any atom is 0.234 e. The normalized spacial score (nSPS) is 10.5. The summed E-state index contributed by atoms with van der Waals surface area (Å²) in [5, 5.41) is 5.66. The number of nitrogens with zero attached hydrogens (tertiary/aromatic N) is 1. The topological polar surface area (TPSA) is 51.2 Å². The molecular weight excluding hydrogens is 371 g/mol. The summed E-state index contributed by atoms with van der Waals surface area (Å²) in [7, 11) is 1.59. The number of amides is 1. The first-order valence-corrected chi connectivity index (χ1v) is 9.89. The van der Waals surface area contributed by atoms with Crippen molar-refractivity contribution in [2.45, 2.75) is 5.75 Å². The molecular formula is C19H17FN2O2S2. The molecule has 0 atom stereocenters. The lowest BCUT2D eigenvalue weighted by atomic mass is 10.2. The zero-order valence-electron chi connectivity index (χ0n) is 14.1. The molecule has 1 N–H and O–H groups in total. The summed E-state index contributed by atoms with van der Waals surface area (Å²) in [4.78, 5) is 16.6. The quantitative estimate of drug-likeness (QED) is 0.630. The number of methoxy groups -OCH3 is 1. The van der Waals surface area contributed by atoms with Gasteiger partial charge in [-0.25, -0.2) is 9.37 Å². The number of hydrogen-bond donors (Lipinski definition) is 1. The van der Waals surface area contributed by atoms with Gasteiger partial charge in [-0.05, 0) is 36.4 Å². The van der Waals surface area contributed by atoms with Gasteiger partial charge in [-0.15, -0.1) is 23.1 Å². The summed E-state index contributed by atoms with van der Waals surface area (Å²) in [6.45, 7) is 0. The van der Waals surface area contributed by atoms with Crippen molar-refractivity contribution in [2.75, 3.05) is 18.2 Å². The zero-order valence-corrected chi connectivity index (χ0v) is 15.7. The second kappa shape index (κ2) is 8.82. The van der Waals surface area contributed by atoms with Gasteiger partial charge in [-0.3, -0.25) is 4.79 Å². The molecule has 0 saturated heterocycles. The van der Waals surface area contributed by atoms with Gasteiger partial charge in [0.2, 0.25) is 5.91 Å². The number of thiazole rings is 1. The van der Waals surface area contributed by atoms with Gasteiger partial charge < -0.3 is 10.1 Å². The van der Waals surface area contributed by atoms with Crippen LogP contribution in [0.4, 0.5) is 10.1 Å². The SMILES string of the molecule is COc1cccc(NC(=O)CSCc2csc(-c3ccc(F)cc3)n2)c1. The van der Waals surface area contributed by atoms with Gasteiger partial charge in [0, 0.05) is 28.5 Å². The van der Waals surface area contributed by atoms with Crippen molar-refractivity contribution in [3.05, 3.63) is 65.4 Å². The van der Waals surface area contributed by atoms with Crippen LogP contribution < -0.4 is 10.1 Å². The Balaban J connectivity index is 1.48. The van der Waals surface area contributed by atoms with Gasteiger partial charge >= 0.3 is 0 Å². The Bertz CT molecular complexity index is 881. The molecule has 7 heteroatoms. The van der Waals surface area contributed by atoms with Crippen molar-refractivity contribution >= 4 is 34.7 Å². The van der Waals surface area contributed by atoms with E-state index in [-0.39, 0.29) is 11.7 Å². The number of hydrogen-bond acceptors (Lipinski definition) is 5. The second-order valence-electron chi connectivity index (χ2n) is 5.42. The third kappa shape index (κ3) is 5.06. The zero-order chi connectivity index (χ0) is 18.4. The number of carbonyl (C=O) groups is 1. The number of benzene rings is 2. The van der Waals surface area contributed by atoms with E-state index in [2.05, 4.69) is 10.3 Å². The highest BCUT2D eigenvalue weighted by molar-refractivity contribution is 7.99. The van der Waals surface area contributed by atoms with Gasteiger partial charge in [0.15, 0.2) is 0 Å². The second-order valence-corrected chi connectivity index (χ2v) is 7.27. The summed E-state index contributed by atoms with van der Waals surface area (Å²) in [5.74, 6) is 1.34. The molecule has 0 aliphatic heterocycles. The van der Waals surface area contributed by atoms with Gasteiger partial charge in [-0.2, -0.15) is 0 Å². The minimum absolute atomic E-state index is 0.0720. The molecule has 0 unspecified atom stereocenters. The van der Waals surface area contributed by atoms with Crippen LogP contribution in [-0.2, 0) is 10.5 Å². The van der Waals surface area contributed by atoms with Crippen LogP contribution in [-0.4, -0.2) is 23.8 Å². The molecule has 0 bridgehead atoms. The van der Waals surface area contributed by atoms with Crippen LogP contribution in [0, 0.1) is 5.82 Å². The third-order valence-corrected chi connectivity index (χ3v) is 5.39. The first-order chi connectivity index (χ1) is 12.6. The first-order valence-electron chi connectivity index (χ1n) is 7.86. The molecule has 1 aromatic heterocycles. The summed E-state index contributed by atoms with van der Waals surface area (Å²) >= 11 is 3.01. The molecule has 134 valence electrons. The molecule has 3 rings (SSSR count). The van der Waals surface area contributed by atoms with Gasteiger partial charge in [0.25, 0.3) is 0 Å². The molecule has 3 aromatic rings. The smallest absolute Gasteiger partial charge is 0.234 e. The van der Waals surface area contributed by atoms with E-state index in [4.69, 9.17) is 4.74 Å². The minimum atomic E-state index is -0.261. The fourth-order valence-electron chi connectivity index (χ4n) is 2.24. The maximum absolute atomic E-state index is 13.0. The van der Waals surface area contributed by atoms with E-state index in [1.165, 1.54) is 35.2 Å². The Morgan fingerprint density at radius 1 is 1.27 bits per heavy atom. The lowest BCUT2D eigenvalue weighted by Crippen LogP contribution is -2.14. The molecule has 0 aliphatic carbocycles. The van der Waals surface area contributed by atoms with Crippen LogP contribution in [0.5, 0.6) is 5.75 Å². The molecule has 26 heavy (non-hydrogen) atoms. The van der Waals surface area contributed by atoms with Gasteiger partial charge in [0.05, 0.1) is 18.6 Å². The predicted octanol–water partition coefficient (Wildman–Crippen LogP) is 4.83. The fraction of sp³-hybridized carbons (Fsp3) is 0.158. The number of nitrogens with one attached hydrogen (secondary N) is 1. The highest BCUT2D eigenvalue weighted by atomic mass is 32.2. The molecule has 4 nitrogen and oxygen atoms in total. The molecule has 0 aliphatic rings. The largest absolute Gasteiger partial charge is 0.497 e. The number of anilines is 1. The van der Waals surface area contributed by atoms with Crippen molar-refractivity contribution in [3.8, 4) is 16.3 Å². The van der Waals surface area contributed by atoms with Crippen LogP contribution in [0.2, 0.25) is 0 Å². The van der Waals surface area contributed by atoms with E-state index in [1.807, 2.05) is 23.6 Å². The van der Waals surface area contributed by atoms with Crippen LogP contribution in [0.25, 0.3) is 10.6 Å². The Morgan fingerprint density at radius 2 is 2.08 bits per heavy atom. The first kappa shape index (κ1) is 18.4. The maximum atomic E-state index is 13.0. The number of carbonyl (C=O) groups excluding carboxylic acids is 1. The average molecular weight is 388 g/mol. The van der Waals surface area contributed by atoms with Crippen molar-refractivity contribution in [1.29, 1.82) is 0 Å². The number of aromatic nitrogens is 1. The van der Waals surface area contributed by atoms with E-state index in [0.29, 0.717) is 22.9 Å². The standard InChI is InChI=1S/C19H17FN2O2S2/c1-24-17-4-2-3-15(9-17)21-18(23)12-25-10-16-11-26-19(22-16)13-5-7-14(20)8-6-13/h2-9,11H,10,12H2,1H3,(H,21,23). The number of halogens is 1. The lowest BCUT2D eigenvalue weighted by molar-refractivity contribution is -0.113. The molecule has 0 saturated carbocycles. The van der Waals surface area contributed by atoms with Crippen molar-refractivity contribution in [1.82, 2.24) is 4.98 Å². The third-order valence-electron chi connectivity index (χ3n) is 3.48. The predicted molar refractivity (Wildman–Crippen MR) is 105 cm³/mol. The number of ether oxygens (including phenoxy) is 1. The van der Waals surface area contributed by atoms with Gasteiger partial charge in [-0.1, -0.05) is 6.07 Å². The molecule has 1 heterocycles. The summed E-state index contributed by atoms with van der Waals surface area (Å²) in [5.41, 5.74) is 2.51. The van der Waals surface area contributed by atoms with E-state index in [1.54, 1.807) is 25.3 Å². The molecule has 0 spiro atoms. The highest BCUT2D eigenvalue weighted by Gasteiger charge is 2.08. The Labute approximate surface area is 159 Å². The van der Waals surface area contributed by atoms with Crippen LogP contribution >= 0.6 is 23.1 Å². The Kier molecular flexibility index (Phi) is 6.25. The van der Waals surface area contributed by atoms with E-state index in [0.717, 1.165) is 16.3 Å². The Hall–Kier alpha value is -2.38. The summed E-state index contributed by atoms with van der Waals surface area (Å²) in [6, 6.07) is 13.5. The average Bonchev–Trinajstić information content (AvgIpc) is 3.11. The fourth-order valence-corrected chi connectivity index (χ4v) is 3.89. The molecule has 1 amide bonds. The van der Waals surface area contributed by atoms with Crippen molar-refractivity contribution in [3.63, 3.8) is 0 Å². The van der Waals surface area contributed by atoms with Crippen LogP contribution in [0.1, 0.15) is 5.69 Å². The van der Waals surface area contributed by atoms with Crippen molar-refractivity contribution in [2.24, 2.45) is 0 Å². The number of thioether (sulfide) groups is 1. The Morgan fingerprint density at radius 3 is 2.85 bits per heavy atom. The van der Waals surface area contributed by atoms with Crippen LogP contribution in [0.3, 0.4) is 0 Å². The molecule has 0 radical (unpaired) electrons. The highest BCUT2D eigenvalue weighted by Crippen LogP contribution is 2.25. The summed E-state index contributed by atoms with van der Waals surface area (Å²) < 4.78 is 18.1. The van der Waals surface area contributed by atoms with Gasteiger partial charge in [0.1, 0.15) is 16.6 Å². The summed E-state index contributed by atoms with van der Waals surface area (Å²) in [6.07, 6.45) is 0. The molecule has 2 aromatic carbocycles.